The molecule has 2 aromatic carbocycles. The van der Waals surface area contributed by atoms with Crippen LogP contribution in [-0.4, -0.2) is 15.9 Å². The highest BCUT2D eigenvalue weighted by Gasteiger charge is 2.20. The quantitative estimate of drug-likeness (QED) is 0.296. The molecule has 0 aliphatic rings. The van der Waals surface area contributed by atoms with E-state index in [4.69, 9.17) is 4.74 Å². The third-order valence-corrected chi connectivity index (χ3v) is 5.08. The van der Waals surface area contributed by atoms with Gasteiger partial charge in [0.1, 0.15) is 11.4 Å². The van der Waals surface area contributed by atoms with Gasteiger partial charge in [-0.15, -0.1) is 0 Å². The van der Waals surface area contributed by atoms with Crippen LogP contribution in [0.3, 0.4) is 0 Å². The Hall–Kier alpha value is -4.72. The second kappa shape index (κ2) is 8.43. The van der Waals surface area contributed by atoms with E-state index in [1.165, 1.54) is 18.2 Å². The molecular weight excluding hydrogens is 423 g/mol. The molecule has 0 fully saturated rings. The van der Waals surface area contributed by atoms with E-state index in [2.05, 4.69) is 15.3 Å². The fourth-order valence-corrected chi connectivity index (χ4v) is 3.49. The van der Waals surface area contributed by atoms with Crippen LogP contribution in [-0.2, 0) is 0 Å². The van der Waals surface area contributed by atoms with E-state index in [9.17, 15) is 14.4 Å². The molecule has 33 heavy (non-hydrogen) atoms. The molecule has 162 valence electrons. The Bertz CT molecular complexity index is 1470. The van der Waals surface area contributed by atoms with Gasteiger partial charge in [0, 0.05) is 41.8 Å². The number of nitrogens with zero attached hydrogens (tertiary/aromatic N) is 2. The normalized spacial score (nSPS) is 10.8. The van der Waals surface area contributed by atoms with Crippen molar-refractivity contribution in [1.82, 2.24) is 9.97 Å². The molecule has 0 radical (unpaired) electrons. The molecule has 0 saturated carbocycles. The Morgan fingerprint density at radius 1 is 1.00 bits per heavy atom. The van der Waals surface area contributed by atoms with Gasteiger partial charge in [0.05, 0.1) is 5.39 Å². The lowest BCUT2D eigenvalue weighted by molar-refractivity contribution is -0.595. The monoisotopic (exact) mass is 440 g/mol. The zero-order valence-electron chi connectivity index (χ0n) is 17.2. The number of benzene rings is 2. The number of hydrogen-bond acceptors (Lipinski definition) is 4. The molecule has 2 N–H and O–H groups in total. The van der Waals surface area contributed by atoms with Crippen LogP contribution < -0.4 is 14.8 Å². The summed E-state index contributed by atoms with van der Waals surface area (Å²) >= 11 is 0. The topological polar surface area (TPSA) is 93.9 Å². The van der Waals surface area contributed by atoms with E-state index in [0.29, 0.717) is 32.8 Å². The number of rotatable bonds is 5. The van der Waals surface area contributed by atoms with Crippen molar-refractivity contribution in [2.75, 3.05) is 5.32 Å². The van der Waals surface area contributed by atoms with Crippen molar-refractivity contribution in [2.45, 2.75) is 0 Å². The molecule has 0 saturated heterocycles. The fraction of sp³-hybridized carbons (Fsp3) is 0. The molecule has 3 heterocycles. The maximum absolute atomic E-state index is 14.7. The van der Waals surface area contributed by atoms with Crippen molar-refractivity contribution < 1.29 is 18.7 Å². The molecule has 1 amide bonds. The maximum atomic E-state index is 14.7. The molecule has 0 unspecified atom stereocenters. The van der Waals surface area contributed by atoms with E-state index in [-0.39, 0.29) is 17.1 Å². The summed E-state index contributed by atoms with van der Waals surface area (Å²) < 4.78 is 21.0. The van der Waals surface area contributed by atoms with Gasteiger partial charge >= 0.3 is 5.91 Å². The van der Waals surface area contributed by atoms with Crippen LogP contribution in [0.15, 0.2) is 91.3 Å². The molecule has 0 spiro atoms. The summed E-state index contributed by atoms with van der Waals surface area (Å²) in [6.07, 6.45) is 3.27. The van der Waals surface area contributed by atoms with E-state index in [1.54, 1.807) is 48.8 Å². The highest BCUT2D eigenvalue weighted by Crippen LogP contribution is 2.31. The number of carbonyl (C=O) groups excluding carboxylic acids is 1. The van der Waals surface area contributed by atoms with Crippen LogP contribution in [0.5, 0.6) is 11.5 Å². The number of anilines is 1. The molecular formula is C25H17FN4O3. The second-order valence-electron chi connectivity index (χ2n) is 7.21. The van der Waals surface area contributed by atoms with Gasteiger partial charge in [-0.3, -0.25) is 4.79 Å². The summed E-state index contributed by atoms with van der Waals surface area (Å²) in [5.41, 5.74) is 1.73. The number of fused-ring (bicyclic) bond motifs is 1. The Labute approximate surface area is 187 Å². The van der Waals surface area contributed by atoms with Crippen LogP contribution in [0.4, 0.5) is 10.1 Å². The summed E-state index contributed by atoms with van der Waals surface area (Å²) in [6.45, 7) is 0. The zero-order chi connectivity index (χ0) is 22.8. The van der Waals surface area contributed by atoms with Gasteiger partial charge in [0.25, 0.3) is 5.69 Å². The summed E-state index contributed by atoms with van der Waals surface area (Å²) in [7, 11) is 0. The third kappa shape index (κ3) is 3.97. The van der Waals surface area contributed by atoms with E-state index < -0.39 is 11.7 Å². The molecule has 0 atom stereocenters. The summed E-state index contributed by atoms with van der Waals surface area (Å²) in [4.78, 5) is 19.9. The lowest BCUT2D eigenvalue weighted by Gasteiger charge is -2.11. The zero-order valence-corrected chi connectivity index (χ0v) is 17.2. The van der Waals surface area contributed by atoms with Gasteiger partial charge in [-0.1, -0.05) is 18.2 Å². The van der Waals surface area contributed by atoms with Crippen molar-refractivity contribution in [2.24, 2.45) is 0 Å². The smallest absolute Gasteiger partial charge is 0.321 e. The molecule has 8 heteroatoms. The van der Waals surface area contributed by atoms with Gasteiger partial charge in [-0.25, -0.2) is 9.37 Å². The first-order chi connectivity index (χ1) is 16.1. The van der Waals surface area contributed by atoms with Crippen molar-refractivity contribution >= 4 is 22.6 Å². The first kappa shape index (κ1) is 20.2. The van der Waals surface area contributed by atoms with Crippen molar-refractivity contribution in [3.8, 4) is 22.8 Å². The predicted octanol–water partition coefficient (Wildman–Crippen LogP) is 5.05. The second-order valence-corrected chi connectivity index (χ2v) is 7.21. The number of nitrogens with one attached hydrogen (secondary N) is 2. The molecule has 7 nitrogen and oxygen atoms in total. The van der Waals surface area contributed by atoms with Gasteiger partial charge in [0.15, 0.2) is 11.6 Å². The van der Waals surface area contributed by atoms with E-state index in [0.717, 1.165) is 6.07 Å². The summed E-state index contributed by atoms with van der Waals surface area (Å²) in [5, 5.41) is 16.0. The van der Waals surface area contributed by atoms with Gasteiger partial charge in [-0.05, 0) is 42.5 Å². The highest BCUT2D eigenvalue weighted by atomic mass is 19.1. The number of halogens is 1. The number of amides is 1. The van der Waals surface area contributed by atoms with Crippen LogP contribution in [0.2, 0.25) is 0 Å². The Morgan fingerprint density at radius 2 is 1.85 bits per heavy atom. The van der Waals surface area contributed by atoms with Crippen LogP contribution in [0, 0.1) is 11.0 Å². The number of H-pyrrole nitrogens is 1. The molecule has 0 aliphatic carbocycles. The van der Waals surface area contributed by atoms with Gasteiger partial charge in [-0.2, -0.15) is 4.73 Å². The highest BCUT2D eigenvalue weighted by molar-refractivity contribution is 6.02. The average molecular weight is 440 g/mol. The van der Waals surface area contributed by atoms with Crippen molar-refractivity contribution in [1.29, 1.82) is 0 Å². The molecule has 0 aliphatic heterocycles. The lowest BCUT2D eigenvalue weighted by atomic mass is 10.1. The first-order valence-corrected chi connectivity index (χ1v) is 10.1. The lowest BCUT2D eigenvalue weighted by Crippen LogP contribution is -2.38. The maximum Gasteiger partial charge on any atom is 0.321 e. The Kier molecular flexibility index (Phi) is 5.16. The third-order valence-electron chi connectivity index (χ3n) is 5.08. The number of aromatic amines is 1. The Balaban J connectivity index is 1.37. The SMILES string of the molecule is O=C(Nc1ccc(Oc2ccnc3[nH]ccc23)c(F)c1)c1cccc(-c2ccccc2)[n+]1[O-]. The van der Waals surface area contributed by atoms with Crippen LogP contribution in [0.25, 0.3) is 22.3 Å². The van der Waals surface area contributed by atoms with E-state index >= 15 is 0 Å². The summed E-state index contributed by atoms with van der Waals surface area (Å²) in [5.74, 6) is -0.880. The molecule has 5 aromatic rings. The minimum Gasteiger partial charge on any atom is -0.618 e. The number of carbonyl (C=O) groups is 1. The minimum absolute atomic E-state index is 0.00772. The van der Waals surface area contributed by atoms with Crippen LogP contribution in [0.1, 0.15) is 10.5 Å². The summed E-state index contributed by atoms with van der Waals surface area (Å²) in [6, 6.07) is 21.2. The number of ether oxygens (including phenoxy) is 1. The number of aromatic nitrogens is 3. The largest absolute Gasteiger partial charge is 0.618 e. The fourth-order valence-electron chi connectivity index (χ4n) is 3.49. The molecule has 3 aromatic heterocycles. The minimum atomic E-state index is -0.665. The average Bonchev–Trinajstić information content (AvgIpc) is 3.31. The standard InChI is InChI=1S/C25H17FN4O3/c26-19-15-17(9-10-23(19)33-22-12-14-28-24-18(22)11-13-27-24)29-25(31)21-8-4-7-20(30(21)32)16-5-2-1-3-6-16/h1-15H,(H,27,28)(H,29,31). The predicted molar refractivity (Wildman–Crippen MR) is 121 cm³/mol. The molecule has 0 bridgehead atoms. The number of pyridine rings is 2. The molecule has 5 rings (SSSR count). The van der Waals surface area contributed by atoms with Gasteiger partial charge < -0.3 is 20.2 Å². The first-order valence-electron chi connectivity index (χ1n) is 10.1. The van der Waals surface area contributed by atoms with Gasteiger partial charge in [0.2, 0.25) is 5.69 Å². The number of hydrogen-bond donors (Lipinski definition) is 2. The van der Waals surface area contributed by atoms with Crippen molar-refractivity contribution in [3.05, 3.63) is 108 Å². The van der Waals surface area contributed by atoms with Crippen LogP contribution >= 0.6 is 0 Å². The van der Waals surface area contributed by atoms with Crippen molar-refractivity contribution in [3.63, 3.8) is 0 Å². The van der Waals surface area contributed by atoms with E-state index in [1.807, 2.05) is 18.2 Å². The Morgan fingerprint density at radius 3 is 2.67 bits per heavy atom.